The normalized spacial score (nSPS) is 16.3. The standard InChI is InChI=1S/C22H22F2N2O3/c1-15-4-2-3-5-16(15)13-26-10-8-20(25-26)19-7-6-17(29-22(23)24)12-21(19)28-18-9-11-27-14-18/h2-8,10,12,18,22H,9,11,13-14H2,1H3/t18-/m1/s1. The van der Waals surface area contributed by atoms with E-state index in [0.717, 1.165) is 12.0 Å². The second-order valence-electron chi connectivity index (χ2n) is 6.96. The van der Waals surface area contributed by atoms with E-state index in [-0.39, 0.29) is 11.9 Å². The Bertz CT molecular complexity index is 968. The Balaban J connectivity index is 1.61. The minimum absolute atomic E-state index is 0.0528. The predicted octanol–water partition coefficient (Wildman–Crippen LogP) is 4.68. The molecule has 1 aromatic heterocycles. The third-order valence-electron chi connectivity index (χ3n) is 4.87. The van der Waals surface area contributed by atoms with Gasteiger partial charge >= 0.3 is 6.61 Å². The van der Waals surface area contributed by atoms with Gasteiger partial charge in [-0.2, -0.15) is 13.9 Å². The SMILES string of the molecule is Cc1ccccc1Cn1ccc(-c2ccc(OC(F)F)cc2O[C@@H]2CCOC2)n1. The average Bonchev–Trinajstić information content (AvgIpc) is 3.36. The van der Waals surface area contributed by atoms with Crippen LogP contribution in [0.4, 0.5) is 8.78 Å². The molecular formula is C22H22F2N2O3. The molecule has 7 heteroatoms. The van der Waals surface area contributed by atoms with Crippen molar-refractivity contribution in [3.05, 3.63) is 65.9 Å². The molecule has 1 fully saturated rings. The molecule has 1 aliphatic heterocycles. The maximum absolute atomic E-state index is 12.6. The summed E-state index contributed by atoms with van der Waals surface area (Å²) in [6.07, 6.45) is 2.53. The lowest BCUT2D eigenvalue weighted by atomic mass is 10.1. The van der Waals surface area contributed by atoms with Gasteiger partial charge in [0.05, 0.1) is 25.5 Å². The quantitative estimate of drug-likeness (QED) is 0.578. The van der Waals surface area contributed by atoms with E-state index in [4.69, 9.17) is 9.47 Å². The third-order valence-corrected chi connectivity index (χ3v) is 4.87. The van der Waals surface area contributed by atoms with Crippen LogP contribution in [0.3, 0.4) is 0 Å². The van der Waals surface area contributed by atoms with Gasteiger partial charge in [0, 0.05) is 24.2 Å². The van der Waals surface area contributed by atoms with Crippen molar-refractivity contribution in [2.75, 3.05) is 13.2 Å². The first-order chi connectivity index (χ1) is 14.1. The van der Waals surface area contributed by atoms with E-state index in [1.54, 1.807) is 6.07 Å². The van der Waals surface area contributed by atoms with E-state index < -0.39 is 6.61 Å². The lowest BCUT2D eigenvalue weighted by Gasteiger charge is -2.16. The molecule has 3 aromatic rings. The minimum Gasteiger partial charge on any atom is -0.487 e. The fourth-order valence-electron chi connectivity index (χ4n) is 3.33. The molecule has 0 radical (unpaired) electrons. The van der Waals surface area contributed by atoms with Crippen LogP contribution in [0.1, 0.15) is 17.5 Å². The van der Waals surface area contributed by atoms with Crippen molar-refractivity contribution in [2.45, 2.75) is 32.6 Å². The number of alkyl halides is 2. The lowest BCUT2D eigenvalue weighted by molar-refractivity contribution is -0.0499. The summed E-state index contributed by atoms with van der Waals surface area (Å²) in [5.74, 6) is 0.511. The zero-order valence-electron chi connectivity index (χ0n) is 16.1. The van der Waals surface area contributed by atoms with Crippen molar-refractivity contribution < 1.29 is 23.0 Å². The molecule has 5 nitrogen and oxygen atoms in total. The highest BCUT2D eigenvalue weighted by atomic mass is 19.3. The van der Waals surface area contributed by atoms with Gasteiger partial charge in [-0.05, 0) is 36.2 Å². The highest BCUT2D eigenvalue weighted by Crippen LogP contribution is 2.34. The van der Waals surface area contributed by atoms with Gasteiger partial charge in [-0.25, -0.2) is 0 Å². The molecule has 0 aliphatic carbocycles. The van der Waals surface area contributed by atoms with Crippen molar-refractivity contribution in [2.24, 2.45) is 0 Å². The maximum atomic E-state index is 12.6. The number of rotatable bonds is 7. The molecule has 0 spiro atoms. The summed E-state index contributed by atoms with van der Waals surface area (Å²) in [5.41, 5.74) is 3.81. The first-order valence-electron chi connectivity index (χ1n) is 9.50. The third kappa shape index (κ3) is 4.74. The van der Waals surface area contributed by atoms with Crippen LogP contribution < -0.4 is 9.47 Å². The molecule has 1 aliphatic rings. The van der Waals surface area contributed by atoms with Crippen LogP contribution in [0.15, 0.2) is 54.7 Å². The van der Waals surface area contributed by atoms with Gasteiger partial charge in [0.2, 0.25) is 0 Å². The van der Waals surface area contributed by atoms with Crippen molar-refractivity contribution in [1.29, 1.82) is 0 Å². The second-order valence-corrected chi connectivity index (χ2v) is 6.96. The van der Waals surface area contributed by atoms with E-state index in [0.29, 0.717) is 31.2 Å². The van der Waals surface area contributed by atoms with Crippen LogP contribution in [0, 0.1) is 6.92 Å². The summed E-state index contributed by atoms with van der Waals surface area (Å²) in [7, 11) is 0. The number of hydrogen-bond acceptors (Lipinski definition) is 4. The van der Waals surface area contributed by atoms with Crippen molar-refractivity contribution >= 4 is 0 Å². The van der Waals surface area contributed by atoms with E-state index in [1.807, 2.05) is 29.1 Å². The highest BCUT2D eigenvalue weighted by molar-refractivity contribution is 5.68. The fourth-order valence-corrected chi connectivity index (χ4v) is 3.33. The Labute approximate surface area is 167 Å². The smallest absolute Gasteiger partial charge is 0.387 e. The van der Waals surface area contributed by atoms with Gasteiger partial charge in [-0.15, -0.1) is 0 Å². The fraction of sp³-hybridized carbons (Fsp3) is 0.318. The summed E-state index contributed by atoms with van der Waals surface area (Å²) in [6, 6.07) is 14.7. The molecule has 29 heavy (non-hydrogen) atoms. The lowest BCUT2D eigenvalue weighted by Crippen LogP contribution is -2.16. The summed E-state index contributed by atoms with van der Waals surface area (Å²) in [4.78, 5) is 0. The molecule has 0 amide bonds. The molecule has 0 unspecified atom stereocenters. The molecular weight excluding hydrogens is 378 g/mol. The molecule has 1 saturated heterocycles. The van der Waals surface area contributed by atoms with Crippen molar-refractivity contribution in [3.63, 3.8) is 0 Å². The Morgan fingerprint density at radius 3 is 2.83 bits per heavy atom. The number of benzene rings is 2. The van der Waals surface area contributed by atoms with Gasteiger partial charge in [0.25, 0.3) is 0 Å². The molecule has 0 N–H and O–H groups in total. The van der Waals surface area contributed by atoms with Crippen LogP contribution in [-0.2, 0) is 11.3 Å². The summed E-state index contributed by atoms with van der Waals surface area (Å²) in [6.45, 7) is 0.916. The van der Waals surface area contributed by atoms with Gasteiger partial charge in [-0.1, -0.05) is 24.3 Å². The van der Waals surface area contributed by atoms with Crippen LogP contribution in [0.2, 0.25) is 0 Å². The number of halogens is 2. The zero-order chi connectivity index (χ0) is 20.2. The molecule has 0 bridgehead atoms. The second kappa shape index (κ2) is 8.61. The molecule has 152 valence electrons. The maximum Gasteiger partial charge on any atom is 0.387 e. The first-order valence-corrected chi connectivity index (χ1v) is 9.50. The van der Waals surface area contributed by atoms with E-state index in [2.05, 4.69) is 28.9 Å². The van der Waals surface area contributed by atoms with Gasteiger partial charge < -0.3 is 14.2 Å². The summed E-state index contributed by atoms with van der Waals surface area (Å²) >= 11 is 0. The number of aromatic nitrogens is 2. The minimum atomic E-state index is -2.89. The number of aryl methyl sites for hydroxylation is 1. The monoisotopic (exact) mass is 400 g/mol. The molecule has 0 saturated carbocycles. The predicted molar refractivity (Wildman–Crippen MR) is 104 cm³/mol. The topological polar surface area (TPSA) is 45.5 Å². The summed E-state index contributed by atoms with van der Waals surface area (Å²) in [5, 5.41) is 4.66. The van der Waals surface area contributed by atoms with Gasteiger partial charge in [0.1, 0.15) is 17.6 Å². The Hall–Kier alpha value is -2.93. The summed E-state index contributed by atoms with van der Waals surface area (Å²) < 4.78 is 43.0. The average molecular weight is 400 g/mol. The van der Waals surface area contributed by atoms with E-state index in [9.17, 15) is 8.78 Å². The van der Waals surface area contributed by atoms with Gasteiger partial charge in [-0.3, -0.25) is 4.68 Å². The number of ether oxygens (including phenoxy) is 3. The van der Waals surface area contributed by atoms with Crippen LogP contribution in [-0.4, -0.2) is 35.7 Å². The molecule has 1 atom stereocenters. The van der Waals surface area contributed by atoms with Crippen molar-refractivity contribution in [1.82, 2.24) is 9.78 Å². The van der Waals surface area contributed by atoms with Gasteiger partial charge in [0.15, 0.2) is 0 Å². The molecule has 4 rings (SSSR count). The molecule has 2 heterocycles. The van der Waals surface area contributed by atoms with E-state index in [1.165, 1.54) is 23.3 Å². The van der Waals surface area contributed by atoms with Crippen molar-refractivity contribution in [3.8, 4) is 22.8 Å². The van der Waals surface area contributed by atoms with Crippen LogP contribution in [0.25, 0.3) is 11.3 Å². The highest BCUT2D eigenvalue weighted by Gasteiger charge is 2.21. The number of hydrogen-bond donors (Lipinski definition) is 0. The Morgan fingerprint density at radius 1 is 1.21 bits per heavy atom. The van der Waals surface area contributed by atoms with Crippen LogP contribution in [0.5, 0.6) is 11.5 Å². The Morgan fingerprint density at radius 2 is 2.07 bits per heavy atom. The first kappa shape index (κ1) is 19.4. The number of nitrogens with zero attached hydrogens (tertiary/aromatic N) is 2. The molecule has 2 aromatic carbocycles. The largest absolute Gasteiger partial charge is 0.487 e. The Kier molecular flexibility index (Phi) is 5.76. The van der Waals surface area contributed by atoms with E-state index >= 15 is 0 Å². The van der Waals surface area contributed by atoms with Crippen LogP contribution >= 0.6 is 0 Å². The zero-order valence-corrected chi connectivity index (χ0v) is 16.1.